The largest absolute Gasteiger partial charge is 0.265 e. The van der Waals surface area contributed by atoms with Crippen molar-refractivity contribution in [2.75, 3.05) is 0 Å². The lowest BCUT2D eigenvalue weighted by atomic mass is 10.2. The minimum Gasteiger partial charge on any atom is -0.265 e. The zero-order chi connectivity index (χ0) is 13.1. The van der Waals surface area contributed by atoms with E-state index >= 15 is 0 Å². The Labute approximate surface area is 124 Å². The maximum atomic E-state index is 4.26. The van der Waals surface area contributed by atoms with Crippen molar-refractivity contribution < 1.29 is 0 Å². The van der Waals surface area contributed by atoms with Gasteiger partial charge in [-0.2, -0.15) is 0 Å². The molecule has 0 amide bonds. The van der Waals surface area contributed by atoms with Crippen LogP contribution in [0.2, 0.25) is 0 Å². The van der Waals surface area contributed by atoms with Crippen molar-refractivity contribution in [2.45, 2.75) is 6.54 Å². The first-order valence-electron chi connectivity index (χ1n) is 5.88. The van der Waals surface area contributed by atoms with Crippen molar-refractivity contribution in [3.8, 4) is 11.3 Å². The summed E-state index contributed by atoms with van der Waals surface area (Å²) in [6.07, 6.45) is 3.53. The molecule has 0 unspecified atom stereocenters. The Morgan fingerprint density at radius 3 is 2.47 bits per heavy atom. The first-order chi connectivity index (χ1) is 9.34. The molecule has 0 radical (unpaired) electrons. The smallest absolute Gasteiger partial charge is 0.127 e. The maximum Gasteiger partial charge on any atom is 0.127 e. The molecule has 2 heterocycles. The Kier molecular flexibility index (Phi) is 3.54. The molecule has 5 heteroatoms. The fraction of sp³-hybridized carbons (Fsp3) is 0.0714. The van der Waals surface area contributed by atoms with E-state index in [9.17, 15) is 0 Å². The van der Waals surface area contributed by atoms with Crippen molar-refractivity contribution in [3.05, 3.63) is 64.1 Å². The normalized spacial score (nSPS) is 10.6. The van der Waals surface area contributed by atoms with Crippen LogP contribution in [-0.2, 0) is 6.54 Å². The Balaban J connectivity index is 1.92. The van der Waals surface area contributed by atoms with E-state index in [0.717, 1.165) is 21.5 Å². The zero-order valence-electron chi connectivity index (χ0n) is 10.1. The van der Waals surface area contributed by atoms with E-state index in [1.165, 1.54) is 5.56 Å². The van der Waals surface area contributed by atoms with Crippen LogP contribution >= 0.6 is 22.6 Å². The molecule has 0 saturated carbocycles. The van der Waals surface area contributed by atoms with E-state index in [1.54, 1.807) is 12.4 Å². The van der Waals surface area contributed by atoms with Crippen molar-refractivity contribution in [2.24, 2.45) is 0 Å². The molecule has 0 aliphatic rings. The van der Waals surface area contributed by atoms with Gasteiger partial charge in [-0.3, -0.25) is 4.98 Å². The fourth-order valence-corrected chi connectivity index (χ4v) is 2.53. The average Bonchev–Trinajstić information content (AvgIpc) is 2.82. The molecule has 0 fully saturated rings. The Morgan fingerprint density at radius 2 is 1.74 bits per heavy atom. The molecule has 94 valence electrons. The van der Waals surface area contributed by atoms with Gasteiger partial charge < -0.3 is 0 Å². The van der Waals surface area contributed by atoms with Gasteiger partial charge in [0.15, 0.2) is 0 Å². The summed E-state index contributed by atoms with van der Waals surface area (Å²) in [5, 5.41) is 8.49. The van der Waals surface area contributed by atoms with Crippen LogP contribution in [0.1, 0.15) is 5.56 Å². The van der Waals surface area contributed by atoms with E-state index in [-0.39, 0.29) is 0 Å². The predicted octanol–water partition coefficient (Wildman–Crippen LogP) is 2.99. The summed E-state index contributed by atoms with van der Waals surface area (Å²) >= 11 is 2.28. The van der Waals surface area contributed by atoms with Gasteiger partial charge in [0.05, 0.1) is 6.54 Å². The predicted molar refractivity (Wildman–Crippen MR) is 81.5 cm³/mol. The highest BCUT2D eigenvalue weighted by atomic mass is 127. The number of rotatable bonds is 3. The van der Waals surface area contributed by atoms with Gasteiger partial charge in [0.25, 0.3) is 0 Å². The highest BCUT2D eigenvalue weighted by molar-refractivity contribution is 14.1. The molecule has 3 aromatic rings. The van der Waals surface area contributed by atoms with Crippen molar-refractivity contribution >= 4 is 22.6 Å². The number of pyridine rings is 1. The topological polar surface area (TPSA) is 43.6 Å². The van der Waals surface area contributed by atoms with Crippen LogP contribution in [0.25, 0.3) is 11.3 Å². The molecule has 0 atom stereocenters. The highest BCUT2D eigenvalue weighted by Crippen LogP contribution is 2.22. The maximum absolute atomic E-state index is 4.26. The molecule has 19 heavy (non-hydrogen) atoms. The summed E-state index contributed by atoms with van der Waals surface area (Å²) in [5.41, 5.74) is 3.16. The third kappa shape index (κ3) is 2.65. The number of nitrogens with zero attached hydrogens (tertiary/aromatic N) is 4. The second kappa shape index (κ2) is 5.48. The van der Waals surface area contributed by atoms with Crippen LogP contribution in [-0.4, -0.2) is 20.0 Å². The number of benzene rings is 1. The van der Waals surface area contributed by atoms with Gasteiger partial charge in [-0.25, -0.2) is 4.68 Å². The third-order valence-corrected chi connectivity index (χ3v) is 3.87. The molecule has 0 aliphatic carbocycles. The minimum atomic E-state index is 0.733. The molecule has 0 bridgehead atoms. The molecule has 4 nitrogen and oxygen atoms in total. The molecule has 1 aromatic carbocycles. The molecular formula is C14H11IN4. The third-order valence-electron chi connectivity index (χ3n) is 2.80. The number of hydrogen-bond acceptors (Lipinski definition) is 3. The lowest BCUT2D eigenvalue weighted by molar-refractivity contribution is 0.636. The van der Waals surface area contributed by atoms with Crippen LogP contribution in [0, 0.1) is 3.70 Å². The average molecular weight is 362 g/mol. The second-order valence-electron chi connectivity index (χ2n) is 4.11. The lowest BCUT2D eigenvalue weighted by Crippen LogP contribution is -2.03. The van der Waals surface area contributed by atoms with E-state index < -0.39 is 0 Å². The molecule has 0 aliphatic heterocycles. The lowest BCUT2D eigenvalue weighted by Gasteiger charge is -2.02. The second-order valence-corrected chi connectivity index (χ2v) is 5.13. The summed E-state index contributed by atoms with van der Waals surface area (Å²) in [5.74, 6) is 0. The van der Waals surface area contributed by atoms with Crippen LogP contribution in [0.5, 0.6) is 0 Å². The molecule has 0 N–H and O–H groups in total. The summed E-state index contributed by atoms with van der Waals surface area (Å²) in [4.78, 5) is 4.02. The van der Waals surface area contributed by atoms with Gasteiger partial charge in [-0.1, -0.05) is 35.5 Å². The molecule has 2 aromatic heterocycles. The molecular weight excluding hydrogens is 351 g/mol. The number of halogens is 1. The fourth-order valence-electron chi connectivity index (χ4n) is 1.85. The zero-order valence-corrected chi connectivity index (χ0v) is 12.2. The quantitative estimate of drug-likeness (QED) is 0.673. The first kappa shape index (κ1) is 12.3. The van der Waals surface area contributed by atoms with Crippen molar-refractivity contribution in [1.82, 2.24) is 20.0 Å². The SMILES string of the molecule is Ic1c(-c2ccncc2)nnn1Cc1ccccc1. The van der Waals surface area contributed by atoms with Crippen LogP contribution in [0.15, 0.2) is 54.9 Å². The molecule has 0 spiro atoms. The van der Waals surface area contributed by atoms with Crippen LogP contribution < -0.4 is 0 Å². The Morgan fingerprint density at radius 1 is 1.00 bits per heavy atom. The van der Waals surface area contributed by atoms with Gasteiger partial charge in [0.2, 0.25) is 0 Å². The first-order valence-corrected chi connectivity index (χ1v) is 6.96. The van der Waals surface area contributed by atoms with E-state index in [4.69, 9.17) is 0 Å². The summed E-state index contributed by atoms with van der Waals surface area (Å²) in [6.45, 7) is 0.733. The molecule has 3 rings (SSSR count). The summed E-state index contributed by atoms with van der Waals surface area (Å²) < 4.78 is 2.94. The summed E-state index contributed by atoms with van der Waals surface area (Å²) in [7, 11) is 0. The highest BCUT2D eigenvalue weighted by Gasteiger charge is 2.11. The van der Waals surface area contributed by atoms with Crippen molar-refractivity contribution in [3.63, 3.8) is 0 Å². The monoisotopic (exact) mass is 362 g/mol. The number of aromatic nitrogens is 4. The van der Waals surface area contributed by atoms with Crippen LogP contribution in [0.4, 0.5) is 0 Å². The van der Waals surface area contributed by atoms with E-state index in [2.05, 4.69) is 50.0 Å². The minimum absolute atomic E-state index is 0.733. The Hall–Kier alpha value is -1.76. The standard InChI is InChI=1S/C14H11IN4/c15-14-13(12-6-8-16-9-7-12)17-18-19(14)10-11-4-2-1-3-5-11/h1-9H,10H2. The van der Waals surface area contributed by atoms with Gasteiger partial charge in [-0.05, 0) is 40.3 Å². The van der Waals surface area contributed by atoms with Gasteiger partial charge in [-0.15, -0.1) is 5.10 Å². The van der Waals surface area contributed by atoms with E-state index in [0.29, 0.717) is 0 Å². The van der Waals surface area contributed by atoms with Crippen molar-refractivity contribution in [1.29, 1.82) is 0 Å². The van der Waals surface area contributed by atoms with Gasteiger partial charge in [0.1, 0.15) is 9.39 Å². The Bertz CT molecular complexity index is 664. The number of hydrogen-bond donors (Lipinski definition) is 0. The van der Waals surface area contributed by atoms with Gasteiger partial charge in [0, 0.05) is 18.0 Å². The van der Waals surface area contributed by atoms with Gasteiger partial charge >= 0.3 is 0 Å². The molecule has 0 saturated heterocycles. The summed E-state index contributed by atoms with van der Waals surface area (Å²) in [6, 6.07) is 14.1. The van der Waals surface area contributed by atoms with E-state index in [1.807, 2.05) is 35.0 Å². The van der Waals surface area contributed by atoms with Crippen LogP contribution in [0.3, 0.4) is 0 Å².